The predicted molar refractivity (Wildman–Crippen MR) is 61.7 cm³/mol. The molecule has 6 heteroatoms. The maximum Gasteiger partial charge on any atom is 0.323 e. The highest BCUT2D eigenvalue weighted by molar-refractivity contribution is 5.81. The van der Waals surface area contributed by atoms with E-state index >= 15 is 0 Å². The van der Waals surface area contributed by atoms with Crippen molar-refractivity contribution >= 4 is 11.9 Å². The second-order valence-electron chi connectivity index (χ2n) is 4.72. The number of carbonyl (C=O) groups is 2. The molecule has 0 saturated carbocycles. The molecule has 6 nitrogen and oxygen atoms in total. The molecule has 0 spiro atoms. The standard InChI is InChI=1S/C11H20N2O4/c1-11(2,10(15)16)13-7-9(14)12-6-8-4-3-5-17-8/h8,13H,3-7H2,1-2H3,(H,12,14)(H,15,16). The quantitative estimate of drug-likeness (QED) is 0.599. The van der Waals surface area contributed by atoms with E-state index in [0.29, 0.717) is 6.54 Å². The summed E-state index contributed by atoms with van der Waals surface area (Å²) >= 11 is 0. The zero-order chi connectivity index (χ0) is 12.9. The number of ether oxygens (including phenoxy) is 1. The number of nitrogens with one attached hydrogen (secondary N) is 2. The Morgan fingerprint density at radius 2 is 2.18 bits per heavy atom. The van der Waals surface area contributed by atoms with Crippen LogP contribution in [0.1, 0.15) is 26.7 Å². The van der Waals surface area contributed by atoms with Crippen LogP contribution in [0.3, 0.4) is 0 Å². The zero-order valence-corrected chi connectivity index (χ0v) is 10.3. The van der Waals surface area contributed by atoms with E-state index in [2.05, 4.69) is 10.6 Å². The molecular weight excluding hydrogens is 224 g/mol. The van der Waals surface area contributed by atoms with E-state index in [-0.39, 0.29) is 18.6 Å². The number of rotatable bonds is 6. The van der Waals surface area contributed by atoms with Crippen LogP contribution >= 0.6 is 0 Å². The summed E-state index contributed by atoms with van der Waals surface area (Å²) in [4.78, 5) is 22.2. The average Bonchev–Trinajstić information content (AvgIpc) is 2.76. The highest BCUT2D eigenvalue weighted by atomic mass is 16.5. The summed E-state index contributed by atoms with van der Waals surface area (Å²) in [7, 11) is 0. The number of carboxylic acids is 1. The first-order valence-electron chi connectivity index (χ1n) is 5.78. The van der Waals surface area contributed by atoms with Crippen molar-refractivity contribution in [1.29, 1.82) is 0 Å². The average molecular weight is 244 g/mol. The second-order valence-corrected chi connectivity index (χ2v) is 4.72. The van der Waals surface area contributed by atoms with Gasteiger partial charge in [-0.25, -0.2) is 0 Å². The molecule has 0 aromatic rings. The molecule has 1 aliphatic heterocycles. The zero-order valence-electron chi connectivity index (χ0n) is 10.3. The van der Waals surface area contributed by atoms with E-state index in [4.69, 9.17) is 9.84 Å². The van der Waals surface area contributed by atoms with Gasteiger partial charge in [0.1, 0.15) is 5.54 Å². The van der Waals surface area contributed by atoms with Gasteiger partial charge >= 0.3 is 5.97 Å². The van der Waals surface area contributed by atoms with Gasteiger partial charge in [0.15, 0.2) is 0 Å². The van der Waals surface area contributed by atoms with Gasteiger partial charge in [-0.3, -0.25) is 14.9 Å². The molecule has 1 aliphatic rings. The van der Waals surface area contributed by atoms with E-state index in [1.807, 2.05) is 0 Å². The van der Waals surface area contributed by atoms with Gasteiger partial charge in [-0.2, -0.15) is 0 Å². The van der Waals surface area contributed by atoms with Gasteiger partial charge < -0.3 is 15.2 Å². The van der Waals surface area contributed by atoms with E-state index in [0.717, 1.165) is 19.4 Å². The molecule has 3 N–H and O–H groups in total. The van der Waals surface area contributed by atoms with Gasteiger partial charge in [-0.15, -0.1) is 0 Å². The first kappa shape index (κ1) is 13.9. The molecule has 0 radical (unpaired) electrons. The Labute approximate surface area is 101 Å². The van der Waals surface area contributed by atoms with E-state index in [9.17, 15) is 9.59 Å². The van der Waals surface area contributed by atoms with E-state index in [1.54, 1.807) is 0 Å². The van der Waals surface area contributed by atoms with Gasteiger partial charge in [0.2, 0.25) is 5.91 Å². The van der Waals surface area contributed by atoms with Crippen LogP contribution in [0, 0.1) is 0 Å². The molecule has 1 amide bonds. The summed E-state index contributed by atoms with van der Waals surface area (Å²) in [6.45, 7) is 4.27. The highest BCUT2D eigenvalue weighted by Gasteiger charge is 2.27. The Morgan fingerprint density at radius 3 is 2.71 bits per heavy atom. The van der Waals surface area contributed by atoms with Gasteiger partial charge in [0.05, 0.1) is 12.6 Å². The SMILES string of the molecule is CC(C)(NCC(=O)NCC1CCCO1)C(=O)O. The Hall–Kier alpha value is -1.14. The number of carbonyl (C=O) groups excluding carboxylic acids is 1. The first-order valence-corrected chi connectivity index (χ1v) is 5.78. The summed E-state index contributed by atoms with van der Waals surface area (Å²) in [5, 5.41) is 14.2. The normalized spacial score (nSPS) is 20.2. The monoisotopic (exact) mass is 244 g/mol. The van der Waals surface area contributed by atoms with E-state index in [1.165, 1.54) is 13.8 Å². The first-order chi connectivity index (χ1) is 7.92. The van der Waals surface area contributed by atoms with Crippen LogP contribution in [-0.4, -0.2) is 48.3 Å². The molecule has 0 aromatic heterocycles. The Balaban J connectivity index is 2.18. The van der Waals surface area contributed by atoms with Crippen molar-refractivity contribution in [2.24, 2.45) is 0 Å². The van der Waals surface area contributed by atoms with Crippen LogP contribution in [0.5, 0.6) is 0 Å². The molecule has 1 atom stereocenters. The third-order valence-electron chi connectivity index (χ3n) is 2.78. The lowest BCUT2D eigenvalue weighted by Crippen LogP contribution is -2.50. The van der Waals surface area contributed by atoms with Crippen LogP contribution in [0.2, 0.25) is 0 Å². The van der Waals surface area contributed by atoms with Crippen LogP contribution in [-0.2, 0) is 14.3 Å². The maximum atomic E-state index is 11.4. The number of hydrogen-bond acceptors (Lipinski definition) is 4. The van der Waals surface area contributed by atoms with Gasteiger partial charge in [0, 0.05) is 13.2 Å². The van der Waals surface area contributed by atoms with Crippen molar-refractivity contribution in [3.05, 3.63) is 0 Å². The summed E-state index contributed by atoms with van der Waals surface area (Å²) in [5.41, 5.74) is -1.10. The maximum absolute atomic E-state index is 11.4. The Bertz CT molecular complexity index is 285. The fraction of sp³-hybridized carbons (Fsp3) is 0.818. The smallest absolute Gasteiger partial charge is 0.323 e. The lowest BCUT2D eigenvalue weighted by molar-refractivity contribution is -0.143. The Morgan fingerprint density at radius 1 is 1.47 bits per heavy atom. The highest BCUT2D eigenvalue weighted by Crippen LogP contribution is 2.10. The van der Waals surface area contributed by atoms with Crippen LogP contribution in [0.4, 0.5) is 0 Å². The van der Waals surface area contributed by atoms with Gasteiger partial charge in [-0.1, -0.05) is 0 Å². The van der Waals surface area contributed by atoms with Crippen LogP contribution in [0.15, 0.2) is 0 Å². The number of carboxylic acid groups (broad SMARTS) is 1. The fourth-order valence-electron chi connectivity index (χ4n) is 1.47. The molecule has 0 aliphatic carbocycles. The Kier molecular flexibility index (Phi) is 4.89. The third-order valence-corrected chi connectivity index (χ3v) is 2.78. The summed E-state index contributed by atoms with van der Waals surface area (Å²) in [6, 6.07) is 0. The molecule has 98 valence electrons. The second kappa shape index (κ2) is 5.97. The molecule has 1 heterocycles. The van der Waals surface area contributed by atoms with Crippen molar-refractivity contribution in [3.8, 4) is 0 Å². The molecule has 0 aromatic carbocycles. The van der Waals surface area contributed by atoms with E-state index < -0.39 is 11.5 Å². The molecule has 1 rings (SSSR count). The summed E-state index contributed by atoms with van der Waals surface area (Å²) in [5.74, 6) is -1.20. The van der Waals surface area contributed by atoms with Gasteiger partial charge in [-0.05, 0) is 26.7 Å². The summed E-state index contributed by atoms with van der Waals surface area (Å²) in [6.07, 6.45) is 2.10. The lowest BCUT2D eigenvalue weighted by Gasteiger charge is -2.20. The van der Waals surface area contributed by atoms with Gasteiger partial charge in [0.25, 0.3) is 0 Å². The topological polar surface area (TPSA) is 87.7 Å². The molecule has 17 heavy (non-hydrogen) atoms. The van der Waals surface area contributed by atoms with Crippen molar-refractivity contribution in [3.63, 3.8) is 0 Å². The minimum absolute atomic E-state index is 0.00792. The lowest BCUT2D eigenvalue weighted by atomic mass is 10.1. The minimum atomic E-state index is -1.10. The van der Waals surface area contributed by atoms with Crippen molar-refractivity contribution in [1.82, 2.24) is 10.6 Å². The van der Waals surface area contributed by atoms with Crippen LogP contribution < -0.4 is 10.6 Å². The number of hydrogen-bond donors (Lipinski definition) is 3. The third kappa shape index (κ3) is 4.70. The fourth-order valence-corrected chi connectivity index (χ4v) is 1.47. The van der Waals surface area contributed by atoms with Crippen LogP contribution in [0.25, 0.3) is 0 Å². The molecule has 1 fully saturated rings. The summed E-state index contributed by atoms with van der Waals surface area (Å²) < 4.78 is 5.36. The number of amides is 1. The van der Waals surface area contributed by atoms with Crippen molar-refractivity contribution in [2.45, 2.75) is 38.3 Å². The largest absolute Gasteiger partial charge is 0.480 e. The predicted octanol–water partition coefficient (Wildman–Crippen LogP) is -0.266. The number of aliphatic carboxylic acids is 1. The van der Waals surface area contributed by atoms with Crippen molar-refractivity contribution in [2.75, 3.05) is 19.7 Å². The molecule has 1 saturated heterocycles. The molecule has 1 unspecified atom stereocenters. The molecular formula is C11H20N2O4. The minimum Gasteiger partial charge on any atom is -0.480 e. The molecule has 0 bridgehead atoms. The van der Waals surface area contributed by atoms with Crippen molar-refractivity contribution < 1.29 is 19.4 Å².